The van der Waals surface area contributed by atoms with Crippen molar-refractivity contribution in [2.75, 3.05) is 39.5 Å². The second-order valence-corrected chi connectivity index (χ2v) is 3.54. The molecule has 0 aromatic rings. The summed E-state index contributed by atoms with van der Waals surface area (Å²) in [6, 6.07) is 0.472. The fraction of sp³-hybridized carbons (Fsp3) is 1.00. The number of aliphatic hydroxyl groups excluding tert-OH is 2. The van der Waals surface area contributed by atoms with Crippen molar-refractivity contribution in [2.45, 2.75) is 26.3 Å². The van der Waals surface area contributed by atoms with Crippen molar-refractivity contribution < 1.29 is 14.9 Å². The molecule has 86 valence electrons. The molecule has 0 bridgehead atoms. The molecule has 2 N–H and O–H groups in total. The minimum absolute atomic E-state index is 0.0817. The third-order valence-corrected chi connectivity index (χ3v) is 2.09. The van der Waals surface area contributed by atoms with E-state index in [-0.39, 0.29) is 13.2 Å². The Balaban J connectivity index is 3.52. The molecular formula is C10H23NO3. The van der Waals surface area contributed by atoms with Crippen LogP contribution in [0.3, 0.4) is 0 Å². The summed E-state index contributed by atoms with van der Waals surface area (Å²) in [5, 5.41) is 17.2. The number of rotatable bonds is 9. The van der Waals surface area contributed by atoms with Gasteiger partial charge < -0.3 is 14.9 Å². The number of nitrogens with zero attached hydrogens (tertiary/aromatic N) is 1. The Bertz CT molecular complexity index is 120. The first-order valence-corrected chi connectivity index (χ1v) is 5.26. The topological polar surface area (TPSA) is 52.9 Å². The maximum atomic E-state index is 8.72. The predicted molar refractivity (Wildman–Crippen MR) is 56.3 cm³/mol. The fourth-order valence-corrected chi connectivity index (χ4v) is 1.25. The lowest BCUT2D eigenvalue weighted by atomic mass is 10.3. The fourth-order valence-electron chi connectivity index (χ4n) is 1.25. The molecule has 0 saturated heterocycles. The van der Waals surface area contributed by atoms with Crippen LogP contribution in [-0.4, -0.2) is 60.7 Å². The van der Waals surface area contributed by atoms with Crippen LogP contribution in [0.5, 0.6) is 0 Å². The monoisotopic (exact) mass is 205 g/mol. The quantitative estimate of drug-likeness (QED) is 0.524. The number of hydrogen-bond acceptors (Lipinski definition) is 4. The first kappa shape index (κ1) is 13.8. The molecule has 0 fully saturated rings. The van der Waals surface area contributed by atoms with Crippen molar-refractivity contribution in [3.8, 4) is 0 Å². The summed E-state index contributed by atoms with van der Waals surface area (Å²) < 4.78 is 5.19. The van der Waals surface area contributed by atoms with E-state index in [9.17, 15) is 0 Å². The van der Waals surface area contributed by atoms with Crippen molar-refractivity contribution in [3.63, 3.8) is 0 Å². The van der Waals surface area contributed by atoms with Crippen LogP contribution in [0.2, 0.25) is 0 Å². The van der Waals surface area contributed by atoms with E-state index >= 15 is 0 Å². The average molecular weight is 205 g/mol. The second kappa shape index (κ2) is 9.40. The lowest BCUT2D eigenvalue weighted by molar-refractivity contribution is 0.0650. The molecule has 0 aromatic carbocycles. The summed E-state index contributed by atoms with van der Waals surface area (Å²) in [5.74, 6) is 0. The third-order valence-electron chi connectivity index (χ3n) is 2.09. The van der Waals surface area contributed by atoms with Crippen LogP contribution in [0.1, 0.15) is 20.3 Å². The van der Waals surface area contributed by atoms with Crippen molar-refractivity contribution in [1.29, 1.82) is 0 Å². The SMILES string of the molecule is CC(C)N(CCCO)CCOCCO. The molecule has 0 amide bonds. The van der Waals surface area contributed by atoms with Gasteiger partial charge in [-0.3, -0.25) is 4.90 Å². The van der Waals surface area contributed by atoms with Crippen LogP contribution in [0, 0.1) is 0 Å². The maximum absolute atomic E-state index is 8.72. The smallest absolute Gasteiger partial charge is 0.0698 e. The van der Waals surface area contributed by atoms with Crippen LogP contribution >= 0.6 is 0 Å². The number of aliphatic hydroxyl groups is 2. The highest BCUT2D eigenvalue weighted by Gasteiger charge is 2.07. The van der Waals surface area contributed by atoms with Crippen LogP contribution < -0.4 is 0 Å². The van der Waals surface area contributed by atoms with Crippen LogP contribution in [-0.2, 0) is 4.74 Å². The predicted octanol–water partition coefficient (Wildman–Crippen LogP) is 0.0881. The molecule has 0 heterocycles. The van der Waals surface area contributed by atoms with Crippen LogP contribution in [0.4, 0.5) is 0 Å². The molecule has 0 radical (unpaired) electrons. The highest BCUT2D eigenvalue weighted by molar-refractivity contribution is 4.62. The highest BCUT2D eigenvalue weighted by Crippen LogP contribution is 1.99. The standard InChI is InChI=1S/C10H23NO3/c1-10(2)11(4-3-6-12)5-8-14-9-7-13/h10,12-13H,3-9H2,1-2H3. The average Bonchev–Trinajstić information content (AvgIpc) is 2.16. The largest absolute Gasteiger partial charge is 0.396 e. The van der Waals surface area contributed by atoms with E-state index in [1.807, 2.05) is 0 Å². The van der Waals surface area contributed by atoms with E-state index in [4.69, 9.17) is 14.9 Å². The van der Waals surface area contributed by atoms with Gasteiger partial charge in [0.15, 0.2) is 0 Å². The Hall–Kier alpha value is -0.160. The number of ether oxygens (including phenoxy) is 1. The van der Waals surface area contributed by atoms with Gasteiger partial charge >= 0.3 is 0 Å². The lowest BCUT2D eigenvalue weighted by Gasteiger charge is -2.25. The Morgan fingerprint density at radius 3 is 2.29 bits per heavy atom. The van der Waals surface area contributed by atoms with Crippen LogP contribution in [0.25, 0.3) is 0 Å². The number of hydrogen-bond donors (Lipinski definition) is 2. The van der Waals surface area contributed by atoms with Gasteiger partial charge in [-0.1, -0.05) is 0 Å². The summed E-state index contributed by atoms with van der Waals surface area (Å²) in [7, 11) is 0. The summed E-state index contributed by atoms with van der Waals surface area (Å²) in [4.78, 5) is 2.26. The first-order valence-electron chi connectivity index (χ1n) is 5.26. The molecule has 0 aromatic heterocycles. The van der Waals surface area contributed by atoms with Crippen molar-refractivity contribution in [2.24, 2.45) is 0 Å². The van der Waals surface area contributed by atoms with Crippen LogP contribution in [0.15, 0.2) is 0 Å². The van der Waals surface area contributed by atoms with E-state index in [0.29, 0.717) is 19.3 Å². The Morgan fingerprint density at radius 2 is 1.79 bits per heavy atom. The van der Waals surface area contributed by atoms with E-state index < -0.39 is 0 Å². The molecular weight excluding hydrogens is 182 g/mol. The second-order valence-electron chi connectivity index (χ2n) is 3.54. The Labute approximate surface area is 86.5 Å². The Morgan fingerprint density at radius 1 is 1.07 bits per heavy atom. The van der Waals surface area contributed by atoms with Gasteiger partial charge in [-0.2, -0.15) is 0 Å². The van der Waals surface area contributed by atoms with E-state index in [2.05, 4.69) is 18.7 Å². The van der Waals surface area contributed by atoms with Gasteiger partial charge in [-0.15, -0.1) is 0 Å². The van der Waals surface area contributed by atoms with Gasteiger partial charge in [0.1, 0.15) is 0 Å². The Kier molecular flexibility index (Phi) is 9.29. The molecule has 4 heteroatoms. The van der Waals surface area contributed by atoms with Gasteiger partial charge in [-0.25, -0.2) is 0 Å². The van der Waals surface area contributed by atoms with E-state index in [1.54, 1.807) is 0 Å². The van der Waals surface area contributed by atoms with Gasteiger partial charge in [0.25, 0.3) is 0 Å². The first-order chi connectivity index (χ1) is 6.72. The minimum Gasteiger partial charge on any atom is -0.396 e. The molecule has 0 aliphatic carbocycles. The van der Waals surface area contributed by atoms with E-state index in [1.165, 1.54) is 0 Å². The molecule has 0 atom stereocenters. The summed E-state index contributed by atoms with van der Waals surface area (Å²) in [6.45, 7) is 7.39. The third kappa shape index (κ3) is 7.26. The maximum Gasteiger partial charge on any atom is 0.0698 e. The van der Waals surface area contributed by atoms with Crippen molar-refractivity contribution in [1.82, 2.24) is 4.90 Å². The van der Waals surface area contributed by atoms with Gasteiger partial charge in [-0.05, 0) is 20.3 Å². The summed E-state index contributed by atoms with van der Waals surface area (Å²) in [6.07, 6.45) is 0.804. The molecule has 14 heavy (non-hydrogen) atoms. The molecule has 0 unspecified atom stereocenters. The van der Waals surface area contributed by atoms with Gasteiger partial charge in [0, 0.05) is 25.7 Å². The zero-order valence-electron chi connectivity index (χ0n) is 9.28. The zero-order chi connectivity index (χ0) is 10.8. The summed E-state index contributed by atoms with van der Waals surface area (Å²) in [5.41, 5.74) is 0. The molecule has 0 aliphatic rings. The normalized spacial score (nSPS) is 11.6. The molecule has 4 nitrogen and oxygen atoms in total. The lowest BCUT2D eigenvalue weighted by Crippen LogP contribution is -2.35. The zero-order valence-corrected chi connectivity index (χ0v) is 9.28. The van der Waals surface area contributed by atoms with Crippen molar-refractivity contribution in [3.05, 3.63) is 0 Å². The van der Waals surface area contributed by atoms with Gasteiger partial charge in [0.2, 0.25) is 0 Å². The molecule has 0 aliphatic heterocycles. The van der Waals surface area contributed by atoms with Gasteiger partial charge in [0.05, 0.1) is 19.8 Å². The molecule has 0 saturated carbocycles. The summed E-state index contributed by atoms with van der Waals surface area (Å²) >= 11 is 0. The molecule has 0 spiro atoms. The van der Waals surface area contributed by atoms with E-state index in [0.717, 1.165) is 19.5 Å². The minimum atomic E-state index is 0.0817. The molecule has 0 rings (SSSR count). The van der Waals surface area contributed by atoms with Crippen molar-refractivity contribution >= 4 is 0 Å². The highest BCUT2D eigenvalue weighted by atomic mass is 16.5.